The van der Waals surface area contributed by atoms with E-state index in [2.05, 4.69) is 34.5 Å². The lowest BCUT2D eigenvalue weighted by Gasteiger charge is -2.26. The maximum Gasteiger partial charge on any atom is 0.145 e. The zero-order valence-electron chi connectivity index (χ0n) is 16.2. The minimum atomic E-state index is 0.751. The van der Waals surface area contributed by atoms with Crippen LogP contribution >= 0.6 is 0 Å². The first-order valence-electron chi connectivity index (χ1n) is 9.74. The van der Waals surface area contributed by atoms with Gasteiger partial charge in [0.25, 0.3) is 0 Å². The molecule has 1 fully saturated rings. The Morgan fingerprint density at radius 2 is 1.82 bits per heavy atom. The molecular weight excluding hydrogens is 352 g/mol. The second-order valence-electron chi connectivity index (χ2n) is 6.92. The summed E-state index contributed by atoms with van der Waals surface area (Å²) >= 11 is 0. The second kappa shape index (κ2) is 8.99. The van der Waals surface area contributed by atoms with Crippen molar-refractivity contribution in [3.05, 3.63) is 59.9 Å². The zero-order chi connectivity index (χ0) is 19.2. The summed E-state index contributed by atoms with van der Waals surface area (Å²) in [4.78, 5) is 11.9. The van der Waals surface area contributed by atoms with Crippen molar-refractivity contribution in [1.29, 1.82) is 0 Å². The standard InChI is InChI=1S/C22H26N4O2/c1-27-18-8-6-17(7-9-18)10-11-23-22-19-4-2-3-5-20(19)24-21(25-22)16-26-12-14-28-15-13-26/h2-9H,10-16H2,1H3,(H,23,24,25). The monoisotopic (exact) mass is 378 g/mol. The fourth-order valence-electron chi connectivity index (χ4n) is 3.41. The average Bonchev–Trinajstić information content (AvgIpc) is 2.75. The first kappa shape index (κ1) is 18.7. The van der Waals surface area contributed by atoms with Crippen LogP contribution in [0.4, 0.5) is 5.82 Å². The van der Waals surface area contributed by atoms with E-state index in [4.69, 9.17) is 19.4 Å². The van der Waals surface area contributed by atoms with E-state index in [9.17, 15) is 0 Å². The van der Waals surface area contributed by atoms with E-state index in [1.807, 2.05) is 24.3 Å². The number of hydrogen-bond donors (Lipinski definition) is 1. The third-order valence-corrected chi connectivity index (χ3v) is 4.98. The van der Waals surface area contributed by atoms with Crippen LogP contribution in [-0.2, 0) is 17.7 Å². The van der Waals surface area contributed by atoms with Gasteiger partial charge in [-0.1, -0.05) is 24.3 Å². The number of nitrogens with zero attached hydrogens (tertiary/aromatic N) is 3. The molecule has 4 rings (SSSR count). The minimum absolute atomic E-state index is 0.751. The van der Waals surface area contributed by atoms with Crippen molar-refractivity contribution in [3.63, 3.8) is 0 Å². The Morgan fingerprint density at radius 1 is 1.04 bits per heavy atom. The van der Waals surface area contributed by atoms with Crippen molar-refractivity contribution in [3.8, 4) is 5.75 Å². The summed E-state index contributed by atoms with van der Waals surface area (Å²) < 4.78 is 10.7. The van der Waals surface area contributed by atoms with Crippen molar-refractivity contribution in [2.75, 3.05) is 45.3 Å². The smallest absolute Gasteiger partial charge is 0.145 e. The Hall–Kier alpha value is -2.70. The number of hydrogen-bond acceptors (Lipinski definition) is 6. The Labute approximate surface area is 165 Å². The number of aromatic nitrogens is 2. The highest BCUT2D eigenvalue weighted by atomic mass is 16.5. The molecule has 6 nitrogen and oxygen atoms in total. The summed E-state index contributed by atoms with van der Waals surface area (Å²) in [5.74, 6) is 2.64. The lowest BCUT2D eigenvalue weighted by atomic mass is 10.1. The number of ether oxygens (including phenoxy) is 2. The Bertz CT molecular complexity index is 908. The van der Waals surface area contributed by atoms with Crippen LogP contribution in [-0.4, -0.2) is 54.8 Å². The van der Waals surface area contributed by atoms with Crippen LogP contribution in [0.5, 0.6) is 5.75 Å². The maximum absolute atomic E-state index is 5.44. The van der Waals surface area contributed by atoms with Gasteiger partial charge in [-0.25, -0.2) is 9.97 Å². The summed E-state index contributed by atoms with van der Waals surface area (Å²) in [5.41, 5.74) is 2.24. The Morgan fingerprint density at radius 3 is 2.61 bits per heavy atom. The molecule has 0 saturated carbocycles. The van der Waals surface area contributed by atoms with Crippen LogP contribution in [0.2, 0.25) is 0 Å². The van der Waals surface area contributed by atoms with Crippen molar-refractivity contribution in [1.82, 2.24) is 14.9 Å². The van der Waals surface area contributed by atoms with Crippen molar-refractivity contribution in [2.24, 2.45) is 0 Å². The largest absolute Gasteiger partial charge is 0.497 e. The lowest BCUT2D eigenvalue weighted by Crippen LogP contribution is -2.36. The number of nitrogens with one attached hydrogen (secondary N) is 1. The molecule has 0 amide bonds. The molecule has 2 heterocycles. The quantitative estimate of drug-likeness (QED) is 0.682. The van der Waals surface area contributed by atoms with Gasteiger partial charge in [0.15, 0.2) is 0 Å². The predicted octanol–water partition coefficient (Wildman–Crippen LogP) is 3.13. The van der Waals surface area contributed by atoms with Gasteiger partial charge in [0.1, 0.15) is 17.4 Å². The molecule has 0 radical (unpaired) electrons. The first-order chi connectivity index (χ1) is 13.8. The van der Waals surface area contributed by atoms with E-state index in [0.717, 1.165) is 74.1 Å². The number of methoxy groups -OCH3 is 1. The Kier molecular flexibility index (Phi) is 5.99. The summed E-state index contributed by atoms with van der Waals surface area (Å²) in [7, 11) is 1.69. The molecule has 0 spiro atoms. The molecule has 1 aromatic heterocycles. The van der Waals surface area contributed by atoms with Gasteiger partial charge < -0.3 is 14.8 Å². The average molecular weight is 378 g/mol. The molecule has 2 aromatic carbocycles. The molecule has 0 bridgehead atoms. The summed E-state index contributed by atoms with van der Waals surface area (Å²) in [6, 6.07) is 16.4. The molecule has 1 N–H and O–H groups in total. The normalized spacial score (nSPS) is 14.9. The van der Waals surface area contributed by atoms with E-state index in [-0.39, 0.29) is 0 Å². The summed E-state index contributed by atoms with van der Waals surface area (Å²) in [5, 5.41) is 4.58. The number of para-hydroxylation sites is 1. The van der Waals surface area contributed by atoms with Gasteiger partial charge in [-0.2, -0.15) is 0 Å². The molecule has 0 unspecified atom stereocenters. The highest BCUT2D eigenvalue weighted by molar-refractivity contribution is 5.88. The van der Waals surface area contributed by atoms with Crippen molar-refractivity contribution in [2.45, 2.75) is 13.0 Å². The molecule has 0 aliphatic carbocycles. The number of rotatable bonds is 7. The first-order valence-corrected chi connectivity index (χ1v) is 9.74. The fraction of sp³-hybridized carbons (Fsp3) is 0.364. The number of benzene rings is 2. The summed E-state index contributed by atoms with van der Waals surface area (Å²) in [6.07, 6.45) is 0.918. The molecule has 28 heavy (non-hydrogen) atoms. The molecular formula is C22H26N4O2. The molecule has 146 valence electrons. The SMILES string of the molecule is COc1ccc(CCNc2nc(CN3CCOCC3)nc3ccccc23)cc1. The second-order valence-corrected chi connectivity index (χ2v) is 6.92. The van der Waals surface area contributed by atoms with E-state index in [1.54, 1.807) is 7.11 Å². The van der Waals surface area contributed by atoms with Crippen LogP contribution in [0, 0.1) is 0 Å². The third kappa shape index (κ3) is 4.58. The van der Waals surface area contributed by atoms with Crippen molar-refractivity contribution < 1.29 is 9.47 Å². The summed E-state index contributed by atoms with van der Waals surface area (Å²) in [6.45, 7) is 4.97. The van der Waals surface area contributed by atoms with Gasteiger partial charge in [-0.3, -0.25) is 4.90 Å². The fourth-order valence-corrected chi connectivity index (χ4v) is 3.41. The van der Waals surface area contributed by atoms with Gasteiger partial charge in [-0.05, 0) is 36.2 Å². The molecule has 0 atom stereocenters. The van der Waals surface area contributed by atoms with Gasteiger partial charge in [0.05, 0.1) is 32.4 Å². The van der Waals surface area contributed by atoms with Crippen LogP contribution in [0.1, 0.15) is 11.4 Å². The molecule has 1 aliphatic heterocycles. The van der Waals surface area contributed by atoms with Crippen LogP contribution < -0.4 is 10.1 Å². The van der Waals surface area contributed by atoms with E-state index < -0.39 is 0 Å². The van der Waals surface area contributed by atoms with Crippen LogP contribution in [0.15, 0.2) is 48.5 Å². The molecule has 1 saturated heterocycles. The Balaban J connectivity index is 1.47. The molecule has 3 aromatic rings. The van der Waals surface area contributed by atoms with Gasteiger partial charge in [0.2, 0.25) is 0 Å². The van der Waals surface area contributed by atoms with Crippen LogP contribution in [0.25, 0.3) is 10.9 Å². The minimum Gasteiger partial charge on any atom is -0.497 e. The van der Waals surface area contributed by atoms with E-state index >= 15 is 0 Å². The third-order valence-electron chi connectivity index (χ3n) is 4.98. The van der Waals surface area contributed by atoms with Gasteiger partial charge in [-0.15, -0.1) is 0 Å². The van der Waals surface area contributed by atoms with Crippen LogP contribution in [0.3, 0.4) is 0 Å². The van der Waals surface area contributed by atoms with Crippen molar-refractivity contribution >= 4 is 16.7 Å². The number of fused-ring (bicyclic) bond motifs is 1. The van der Waals surface area contributed by atoms with E-state index in [1.165, 1.54) is 5.56 Å². The molecule has 1 aliphatic rings. The molecule has 6 heteroatoms. The lowest BCUT2D eigenvalue weighted by molar-refractivity contribution is 0.0331. The van der Waals surface area contributed by atoms with Gasteiger partial charge in [0, 0.05) is 25.0 Å². The zero-order valence-corrected chi connectivity index (χ0v) is 16.2. The topological polar surface area (TPSA) is 59.5 Å². The van der Waals surface area contributed by atoms with E-state index in [0.29, 0.717) is 0 Å². The van der Waals surface area contributed by atoms with Gasteiger partial charge >= 0.3 is 0 Å². The number of morpholine rings is 1. The maximum atomic E-state index is 5.44. The highest BCUT2D eigenvalue weighted by Gasteiger charge is 2.14. The predicted molar refractivity (Wildman–Crippen MR) is 111 cm³/mol. The number of anilines is 1. The highest BCUT2D eigenvalue weighted by Crippen LogP contribution is 2.21.